The molecular weight excluding hydrogens is 242 g/mol. The van der Waals surface area contributed by atoms with Crippen molar-refractivity contribution in [2.45, 2.75) is 44.6 Å². The molecule has 0 aromatic carbocycles. The Morgan fingerprint density at radius 1 is 0.947 bits per heavy atom. The molecule has 2 fully saturated rings. The summed E-state index contributed by atoms with van der Waals surface area (Å²) in [6.07, 6.45) is 10.4. The summed E-state index contributed by atoms with van der Waals surface area (Å²) >= 11 is 0. The van der Waals surface area contributed by atoms with Gasteiger partial charge in [0.15, 0.2) is 0 Å². The Labute approximate surface area is 113 Å². The smallest absolute Gasteiger partial charge is 0.307 e. The van der Waals surface area contributed by atoms with E-state index in [0.29, 0.717) is 0 Å². The van der Waals surface area contributed by atoms with Crippen molar-refractivity contribution in [3.63, 3.8) is 0 Å². The number of fused-ring (bicyclic) bond motifs is 2. The number of carbonyl (C=O) groups is 2. The first-order valence-corrected chi connectivity index (χ1v) is 7.38. The molecule has 0 heterocycles. The molecule has 4 atom stereocenters. The predicted octanol–water partition coefficient (Wildman–Crippen LogP) is 1.96. The van der Waals surface area contributed by atoms with Crippen molar-refractivity contribution in [2.75, 3.05) is 0 Å². The van der Waals surface area contributed by atoms with Crippen molar-refractivity contribution in [3.8, 4) is 0 Å². The van der Waals surface area contributed by atoms with Crippen LogP contribution in [-0.2, 0) is 9.59 Å². The first-order valence-electron chi connectivity index (χ1n) is 7.38. The summed E-state index contributed by atoms with van der Waals surface area (Å²) in [5, 5.41) is 12.5. The lowest BCUT2D eigenvalue weighted by Gasteiger charge is -2.42. The van der Waals surface area contributed by atoms with Crippen LogP contribution in [0.5, 0.6) is 0 Å². The Hall–Kier alpha value is -1.32. The Kier molecular flexibility index (Phi) is 3.33. The van der Waals surface area contributed by atoms with Crippen molar-refractivity contribution in [1.29, 1.82) is 0 Å². The Bertz CT molecular complexity index is 412. The maximum Gasteiger partial charge on any atom is 0.307 e. The number of rotatable bonds is 3. The van der Waals surface area contributed by atoms with Gasteiger partial charge >= 0.3 is 5.97 Å². The van der Waals surface area contributed by atoms with Crippen LogP contribution in [0.3, 0.4) is 0 Å². The van der Waals surface area contributed by atoms with Gasteiger partial charge < -0.3 is 10.4 Å². The predicted molar refractivity (Wildman–Crippen MR) is 70.4 cm³/mol. The fraction of sp³-hybridized carbons (Fsp3) is 0.733. The molecule has 0 aromatic rings. The van der Waals surface area contributed by atoms with Crippen molar-refractivity contribution < 1.29 is 14.7 Å². The zero-order valence-corrected chi connectivity index (χ0v) is 11.0. The molecule has 2 saturated carbocycles. The minimum Gasteiger partial charge on any atom is -0.481 e. The van der Waals surface area contributed by atoms with E-state index in [0.717, 1.165) is 25.7 Å². The second-order valence-corrected chi connectivity index (χ2v) is 6.17. The Balaban J connectivity index is 1.75. The monoisotopic (exact) mass is 263 g/mol. The number of allylic oxidation sites excluding steroid dienone is 2. The minimum atomic E-state index is -0.814. The van der Waals surface area contributed by atoms with Gasteiger partial charge in [-0.1, -0.05) is 25.0 Å². The van der Waals surface area contributed by atoms with Crippen molar-refractivity contribution >= 4 is 11.9 Å². The molecule has 2 bridgehead atoms. The topological polar surface area (TPSA) is 66.4 Å². The number of carboxylic acids is 1. The number of hydrogen-bond acceptors (Lipinski definition) is 2. The maximum absolute atomic E-state index is 12.5. The van der Waals surface area contributed by atoms with Crippen LogP contribution in [0.2, 0.25) is 0 Å². The second-order valence-electron chi connectivity index (χ2n) is 6.17. The normalized spacial score (nSPS) is 37.5. The SMILES string of the molecule is O=C(O)C1C2C=CC(CC2)C1C(=O)NC1CCCC1. The summed E-state index contributed by atoms with van der Waals surface area (Å²) < 4.78 is 0. The third-order valence-corrected chi connectivity index (χ3v) is 5.04. The highest BCUT2D eigenvalue weighted by Gasteiger charge is 2.48. The maximum atomic E-state index is 12.5. The van der Waals surface area contributed by atoms with Gasteiger partial charge in [0.1, 0.15) is 0 Å². The fourth-order valence-corrected chi connectivity index (χ4v) is 4.06. The molecular formula is C15H21NO3. The lowest BCUT2D eigenvalue weighted by Crippen LogP contribution is -2.50. The quantitative estimate of drug-likeness (QED) is 0.765. The first-order chi connectivity index (χ1) is 9.16. The van der Waals surface area contributed by atoms with E-state index in [-0.39, 0.29) is 29.7 Å². The molecule has 0 saturated heterocycles. The van der Waals surface area contributed by atoms with E-state index in [1.54, 1.807) is 0 Å². The summed E-state index contributed by atoms with van der Waals surface area (Å²) in [5.74, 6) is -1.56. The van der Waals surface area contributed by atoms with E-state index in [4.69, 9.17) is 0 Å². The third kappa shape index (κ3) is 2.28. The van der Waals surface area contributed by atoms with Gasteiger partial charge in [-0.25, -0.2) is 0 Å². The molecule has 4 rings (SSSR count). The fourth-order valence-electron chi connectivity index (χ4n) is 4.06. The number of carboxylic acid groups (broad SMARTS) is 1. The van der Waals surface area contributed by atoms with E-state index in [2.05, 4.69) is 11.4 Å². The van der Waals surface area contributed by atoms with E-state index >= 15 is 0 Å². The average Bonchev–Trinajstić information content (AvgIpc) is 2.91. The molecule has 4 heteroatoms. The highest BCUT2D eigenvalue weighted by atomic mass is 16.4. The molecule has 4 aliphatic carbocycles. The van der Waals surface area contributed by atoms with E-state index < -0.39 is 11.9 Å². The molecule has 2 N–H and O–H groups in total. The van der Waals surface area contributed by atoms with Gasteiger partial charge in [0.25, 0.3) is 0 Å². The zero-order chi connectivity index (χ0) is 13.4. The largest absolute Gasteiger partial charge is 0.481 e. The van der Waals surface area contributed by atoms with Gasteiger partial charge in [-0.05, 0) is 37.5 Å². The summed E-state index contributed by atoms with van der Waals surface area (Å²) in [4.78, 5) is 23.9. The van der Waals surface area contributed by atoms with E-state index in [9.17, 15) is 14.7 Å². The van der Waals surface area contributed by atoms with E-state index in [1.807, 2.05) is 6.08 Å². The summed E-state index contributed by atoms with van der Waals surface area (Å²) in [7, 11) is 0. The van der Waals surface area contributed by atoms with Crippen LogP contribution in [0.15, 0.2) is 12.2 Å². The summed E-state index contributed by atoms with van der Waals surface area (Å²) in [5.41, 5.74) is 0. The molecule has 4 aliphatic rings. The Morgan fingerprint density at radius 2 is 1.53 bits per heavy atom. The molecule has 0 aliphatic heterocycles. The van der Waals surface area contributed by atoms with Crippen LogP contribution in [0.1, 0.15) is 38.5 Å². The average molecular weight is 263 g/mol. The zero-order valence-electron chi connectivity index (χ0n) is 11.0. The van der Waals surface area contributed by atoms with Crippen LogP contribution in [-0.4, -0.2) is 23.0 Å². The van der Waals surface area contributed by atoms with Gasteiger partial charge in [-0.15, -0.1) is 0 Å². The molecule has 0 radical (unpaired) electrons. The highest BCUT2D eigenvalue weighted by Crippen LogP contribution is 2.45. The van der Waals surface area contributed by atoms with Crippen LogP contribution in [0.4, 0.5) is 0 Å². The summed E-state index contributed by atoms with van der Waals surface area (Å²) in [6, 6.07) is 0.270. The summed E-state index contributed by atoms with van der Waals surface area (Å²) in [6.45, 7) is 0. The third-order valence-electron chi connectivity index (χ3n) is 5.04. The van der Waals surface area contributed by atoms with Gasteiger partial charge in [-0.2, -0.15) is 0 Å². The minimum absolute atomic E-state index is 0.0293. The number of nitrogens with one attached hydrogen (secondary N) is 1. The van der Waals surface area contributed by atoms with Gasteiger partial charge in [0, 0.05) is 6.04 Å². The highest BCUT2D eigenvalue weighted by molar-refractivity contribution is 5.86. The van der Waals surface area contributed by atoms with Crippen molar-refractivity contribution in [3.05, 3.63) is 12.2 Å². The number of carbonyl (C=O) groups excluding carboxylic acids is 1. The van der Waals surface area contributed by atoms with Crippen LogP contribution in [0.25, 0.3) is 0 Å². The second kappa shape index (κ2) is 4.99. The first kappa shape index (κ1) is 12.7. The number of amides is 1. The van der Waals surface area contributed by atoms with Gasteiger partial charge in [0.2, 0.25) is 5.91 Å². The molecule has 104 valence electrons. The van der Waals surface area contributed by atoms with Crippen molar-refractivity contribution in [2.24, 2.45) is 23.7 Å². The van der Waals surface area contributed by atoms with Gasteiger partial charge in [-0.3, -0.25) is 9.59 Å². The molecule has 4 nitrogen and oxygen atoms in total. The molecule has 1 amide bonds. The van der Waals surface area contributed by atoms with Crippen LogP contribution < -0.4 is 5.32 Å². The molecule has 0 spiro atoms. The lowest BCUT2D eigenvalue weighted by molar-refractivity contribution is -0.153. The Morgan fingerprint density at radius 3 is 2.05 bits per heavy atom. The molecule has 0 aromatic heterocycles. The van der Waals surface area contributed by atoms with Crippen LogP contribution >= 0.6 is 0 Å². The number of hydrogen-bond donors (Lipinski definition) is 2. The molecule has 4 unspecified atom stereocenters. The van der Waals surface area contributed by atoms with Crippen LogP contribution in [0, 0.1) is 23.7 Å². The van der Waals surface area contributed by atoms with Crippen molar-refractivity contribution in [1.82, 2.24) is 5.32 Å². The molecule has 19 heavy (non-hydrogen) atoms. The number of aliphatic carboxylic acids is 1. The lowest BCUT2D eigenvalue weighted by atomic mass is 9.62. The standard InChI is InChI=1S/C15H21NO3/c17-14(16-11-3-1-2-4-11)12-9-5-7-10(8-6-9)13(12)15(18)19/h5,7,9-13H,1-4,6,8H2,(H,16,17)(H,18,19). The van der Waals surface area contributed by atoms with Gasteiger partial charge in [0.05, 0.1) is 11.8 Å². The van der Waals surface area contributed by atoms with E-state index in [1.165, 1.54) is 12.8 Å².